The highest BCUT2D eigenvalue weighted by Gasteiger charge is 2.23. The Kier molecular flexibility index (Phi) is 6.96. The van der Waals surface area contributed by atoms with Crippen LogP contribution in [0, 0.1) is 12.3 Å². The Hall–Kier alpha value is -2.23. The number of terminal acetylenes is 1. The van der Waals surface area contributed by atoms with Gasteiger partial charge in [-0.15, -0.1) is 6.42 Å². The summed E-state index contributed by atoms with van der Waals surface area (Å²) in [5, 5.41) is 8.67. The minimum atomic E-state index is -1.17. The van der Waals surface area contributed by atoms with Crippen LogP contribution in [-0.4, -0.2) is 66.2 Å². The van der Waals surface area contributed by atoms with E-state index in [0.29, 0.717) is 0 Å². The number of aliphatic carboxylic acids is 1. The molecule has 18 heavy (non-hydrogen) atoms. The molecule has 0 unspecified atom stereocenters. The Morgan fingerprint density at radius 1 is 1.28 bits per heavy atom. The number of methoxy groups -OCH3 is 1. The van der Waals surface area contributed by atoms with E-state index >= 15 is 0 Å². The van der Waals surface area contributed by atoms with E-state index in [-0.39, 0.29) is 19.6 Å². The van der Waals surface area contributed by atoms with E-state index in [2.05, 4.69) is 10.7 Å². The normalized spacial score (nSPS) is 9.17. The first-order valence-corrected chi connectivity index (χ1v) is 5.22. The Labute approximate surface area is 105 Å². The zero-order chi connectivity index (χ0) is 14.1. The molecule has 100 valence electrons. The van der Waals surface area contributed by atoms with Crippen LogP contribution in [0.1, 0.15) is 6.92 Å². The van der Waals surface area contributed by atoms with Gasteiger partial charge in [-0.05, 0) is 6.92 Å². The van der Waals surface area contributed by atoms with E-state index in [1.54, 1.807) is 6.92 Å². The second-order valence-electron chi connectivity index (χ2n) is 3.33. The number of hydrogen-bond acceptors (Lipinski definition) is 4. The van der Waals surface area contributed by atoms with E-state index in [9.17, 15) is 14.4 Å². The third-order valence-electron chi connectivity index (χ3n) is 2.08. The summed E-state index contributed by atoms with van der Waals surface area (Å²) < 4.78 is 4.45. The molecule has 7 heteroatoms. The van der Waals surface area contributed by atoms with Gasteiger partial charge in [0, 0.05) is 6.54 Å². The summed E-state index contributed by atoms with van der Waals surface area (Å²) in [5.41, 5.74) is 0. The molecule has 0 heterocycles. The highest BCUT2D eigenvalue weighted by Crippen LogP contribution is 2.00. The molecule has 0 bridgehead atoms. The summed E-state index contributed by atoms with van der Waals surface area (Å²) in [6.45, 7) is 1.01. The van der Waals surface area contributed by atoms with Crippen molar-refractivity contribution in [3.8, 4) is 12.3 Å². The molecule has 0 saturated heterocycles. The van der Waals surface area contributed by atoms with Crippen molar-refractivity contribution in [2.75, 3.05) is 33.3 Å². The van der Waals surface area contributed by atoms with Gasteiger partial charge in [-0.2, -0.15) is 0 Å². The molecule has 2 amide bonds. The molecule has 0 aliphatic carbocycles. The van der Waals surface area contributed by atoms with Gasteiger partial charge < -0.3 is 19.6 Å². The van der Waals surface area contributed by atoms with Crippen molar-refractivity contribution in [1.29, 1.82) is 0 Å². The molecule has 0 rings (SSSR count). The minimum absolute atomic E-state index is 0.136. The predicted octanol–water partition coefficient (Wildman–Crippen LogP) is -0.379. The smallest absolute Gasteiger partial charge is 0.325 e. The standard InChI is InChI=1S/C11H16N2O5/c1-4-6-13(7-9(14)15)11(17)12(5-2)8-10(16)18-3/h1H,5-8H2,2-3H3,(H,14,15). The lowest BCUT2D eigenvalue weighted by Crippen LogP contribution is -2.47. The Balaban J connectivity index is 4.74. The predicted molar refractivity (Wildman–Crippen MR) is 62.7 cm³/mol. The molecular weight excluding hydrogens is 240 g/mol. The molecule has 1 N–H and O–H groups in total. The van der Waals surface area contributed by atoms with Crippen LogP contribution in [0.4, 0.5) is 4.79 Å². The van der Waals surface area contributed by atoms with E-state index < -0.39 is 24.5 Å². The van der Waals surface area contributed by atoms with E-state index in [0.717, 1.165) is 9.80 Å². The summed E-state index contributed by atoms with van der Waals surface area (Å²) in [6, 6.07) is -0.608. The van der Waals surface area contributed by atoms with Crippen LogP contribution in [0.15, 0.2) is 0 Å². The van der Waals surface area contributed by atoms with Crippen LogP contribution >= 0.6 is 0 Å². The number of likely N-dealkylation sites (N-methyl/N-ethyl adjacent to an activating group) is 1. The average molecular weight is 256 g/mol. The van der Waals surface area contributed by atoms with Gasteiger partial charge in [-0.3, -0.25) is 9.59 Å². The van der Waals surface area contributed by atoms with Crippen LogP contribution in [0.2, 0.25) is 0 Å². The van der Waals surface area contributed by atoms with Gasteiger partial charge >= 0.3 is 18.0 Å². The fraction of sp³-hybridized carbons (Fsp3) is 0.545. The van der Waals surface area contributed by atoms with Gasteiger partial charge in [0.05, 0.1) is 13.7 Å². The number of amides is 2. The first kappa shape index (κ1) is 15.8. The lowest BCUT2D eigenvalue weighted by atomic mass is 10.4. The lowest BCUT2D eigenvalue weighted by molar-refractivity contribution is -0.141. The molecule has 0 aliphatic heterocycles. The molecule has 0 aromatic heterocycles. The van der Waals surface area contributed by atoms with Crippen molar-refractivity contribution in [2.45, 2.75) is 6.92 Å². The minimum Gasteiger partial charge on any atom is -0.480 e. The quantitative estimate of drug-likeness (QED) is 0.517. The van der Waals surface area contributed by atoms with Crippen LogP contribution in [0.3, 0.4) is 0 Å². The second kappa shape index (κ2) is 7.95. The molecule has 0 aromatic carbocycles. The van der Waals surface area contributed by atoms with Crippen LogP contribution < -0.4 is 0 Å². The van der Waals surface area contributed by atoms with E-state index in [1.165, 1.54) is 7.11 Å². The molecule has 0 saturated carbocycles. The highest BCUT2D eigenvalue weighted by atomic mass is 16.5. The Bertz CT molecular complexity index is 361. The van der Waals surface area contributed by atoms with Crippen LogP contribution in [-0.2, 0) is 14.3 Å². The zero-order valence-corrected chi connectivity index (χ0v) is 10.4. The lowest BCUT2D eigenvalue weighted by Gasteiger charge is -2.26. The fourth-order valence-corrected chi connectivity index (χ4v) is 1.20. The van der Waals surface area contributed by atoms with Gasteiger partial charge in [0.2, 0.25) is 0 Å². The topological polar surface area (TPSA) is 87.2 Å². The monoisotopic (exact) mass is 256 g/mol. The zero-order valence-electron chi connectivity index (χ0n) is 10.4. The summed E-state index contributed by atoms with van der Waals surface area (Å²) in [5.74, 6) is 0.444. The molecule has 0 spiro atoms. The average Bonchev–Trinajstić information content (AvgIpc) is 2.33. The number of carboxylic acid groups (broad SMARTS) is 1. The third-order valence-corrected chi connectivity index (χ3v) is 2.08. The Morgan fingerprint density at radius 2 is 1.89 bits per heavy atom. The molecule has 7 nitrogen and oxygen atoms in total. The summed E-state index contributed by atoms with van der Waals surface area (Å²) in [6.07, 6.45) is 5.06. The van der Waals surface area contributed by atoms with Crippen molar-refractivity contribution in [1.82, 2.24) is 9.80 Å². The van der Waals surface area contributed by atoms with Crippen LogP contribution in [0.25, 0.3) is 0 Å². The number of carboxylic acids is 1. The van der Waals surface area contributed by atoms with Gasteiger partial charge in [-0.1, -0.05) is 5.92 Å². The number of rotatable bonds is 6. The maximum Gasteiger partial charge on any atom is 0.325 e. The fourth-order valence-electron chi connectivity index (χ4n) is 1.20. The number of ether oxygens (including phenoxy) is 1. The van der Waals surface area contributed by atoms with Crippen molar-refractivity contribution in [3.05, 3.63) is 0 Å². The highest BCUT2D eigenvalue weighted by molar-refractivity contribution is 5.83. The van der Waals surface area contributed by atoms with Gasteiger partial charge in [0.25, 0.3) is 0 Å². The third kappa shape index (κ3) is 5.21. The van der Waals surface area contributed by atoms with Gasteiger partial charge in [-0.25, -0.2) is 4.79 Å². The van der Waals surface area contributed by atoms with Crippen LogP contribution in [0.5, 0.6) is 0 Å². The molecule has 0 aromatic rings. The summed E-state index contributed by atoms with van der Waals surface area (Å²) in [4.78, 5) is 35.8. The molecular formula is C11H16N2O5. The van der Waals surface area contributed by atoms with Crippen molar-refractivity contribution >= 4 is 18.0 Å². The maximum atomic E-state index is 11.9. The first-order valence-electron chi connectivity index (χ1n) is 5.22. The number of nitrogens with zero attached hydrogens (tertiary/aromatic N) is 2. The number of hydrogen-bond donors (Lipinski definition) is 1. The SMILES string of the molecule is C#CCN(CC(=O)O)C(=O)N(CC)CC(=O)OC. The van der Waals surface area contributed by atoms with Crippen molar-refractivity contribution < 1.29 is 24.2 Å². The van der Waals surface area contributed by atoms with E-state index in [1.807, 2.05) is 0 Å². The number of carbonyl (C=O) groups excluding carboxylic acids is 2. The molecule has 0 fully saturated rings. The van der Waals surface area contributed by atoms with E-state index in [4.69, 9.17) is 11.5 Å². The van der Waals surface area contributed by atoms with Gasteiger partial charge in [0.15, 0.2) is 0 Å². The Morgan fingerprint density at radius 3 is 2.28 bits per heavy atom. The number of carbonyl (C=O) groups is 3. The summed E-state index contributed by atoms with van der Waals surface area (Å²) in [7, 11) is 1.21. The van der Waals surface area contributed by atoms with Crippen molar-refractivity contribution in [2.24, 2.45) is 0 Å². The number of esters is 1. The second-order valence-corrected chi connectivity index (χ2v) is 3.33. The largest absolute Gasteiger partial charge is 0.480 e. The number of urea groups is 1. The summed E-state index contributed by atoms with van der Waals surface area (Å²) >= 11 is 0. The maximum absolute atomic E-state index is 11.9. The molecule has 0 aliphatic rings. The van der Waals surface area contributed by atoms with Crippen molar-refractivity contribution in [3.63, 3.8) is 0 Å². The first-order chi connectivity index (χ1) is 8.46. The van der Waals surface area contributed by atoms with Gasteiger partial charge in [0.1, 0.15) is 13.1 Å². The molecule has 0 atom stereocenters. The molecule has 0 radical (unpaired) electrons.